The van der Waals surface area contributed by atoms with E-state index in [4.69, 9.17) is 11.6 Å². The van der Waals surface area contributed by atoms with Gasteiger partial charge in [0, 0.05) is 44.8 Å². The highest BCUT2D eigenvalue weighted by atomic mass is 35.5. The molecule has 0 radical (unpaired) electrons. The van der Waals surface area contributed by atoms with Gasteiger partial charge < -0.3 is 5.32 Å². The third-order valence-electron chi connectivity index (χ3n) is 4.92. The molecule has 1 aromatic heterocycles. The van der Waals surface area contributed by atoms with Gasteiger partial charge in [-0.2, -0.15) is 5.10 Å². The number of nitrogens with one attached hydrogen (secondary N) is 1. The maximum atomic E-state index is 12.4. The lowest BCUT2D eigenvalue weighted by Gasteiger charge is -2.34. The number of carbonyl (C=O) groups excluding carboxylic acids is 1. The molecule has 1 saturated heterocycles. The topological polar surface area (TPSA) is 53.4 Å². The number of benzene rings is 1. The van der Waals surface area contributed by atoms with E-state index in [1.807, 2.05) is 33.0 Å². The Morgan fingerprint density at radius 1 is 1.12 bits per heavy atom. The van der Waals surface area contributed by atoms with Gasteiger partial charge in [-0.25, -0.2) is 0 Å². The molecule has 0 atom stereocenters. The second-order valence-corrected chi connectivity index (χ2v) is 7.33. The van der Waals surface area contributed by atoms with Crippen molar-refractivity contribution in [2.45, 2.75) is 20.4 Å². The SMILES string of the molecule is Cc1nn(C)c(C)c1NC(=O)CN1CCN(Cc2ccc(Cl)cc2)CC1. The summed E-state index contributed by atoms with van der Waals surface area (Å²) >= 11 is 5.94. The van der Waals surface area contributed by atoms with E-state index < -0.39 is 0 Å². The summed E-state index contributed by atoms with van der Waals surface area (Å²) in [5, 5.41) is 8.12. The minimum atomic E-state index is 0.0235. The highest BCUT2D eigenvalue weighted by Gasteiger charge is 2.20. The maximum absolute atomic E-state index is 12.4. The molecule has 2 aromatic rings. The fourth-order valence-electron chi connectivity index (χ4n) is 3.29. The maximum Gasteiger partial charge on any atom is 0.238 e. The molecular formula is C19H26ClN5O. The zero-order chi connectivity index (χ0) is 18.7. The quantitative estimate of drug-likeness (QED) is 0.872. The molecule has 140 valence electrons. The molecule has 0 unspecified atom stereocenters. The Hall–Kier alpha value is -1.89. The van der Waals surface area contributed by atoms with Gasteiger partial charge in [-0.15, -0.1) is 0 Å². The highest BCUT2D eigenvalue weighted by molar-refractivity contribution is 6.30. The average molecular weight is 376 g/mol. The number of piperazine rings is 1. The van der Waals surface area contributed by atoms with Crippen LogP contribution in [0.25, 0.3) is 0 Å². The van der Waals surface area contributed by atoms with E-state index >= 15 is 0 Å². The first-order chi connectivity index (χ1) is 12.4. The van der Waals surface area contributed by atoms with Crippen LogP contribution in [0, 0.1) is 13.8 Å². The smallest absolute Gasteiger partial charge is 0.238 e. The van der Waals surface area contributed by atoms with Gasteiger partial charge in [0.25, 0.3) is 0 Å². The van der Waals surface area contributed by atoms with Crippen LogP contribution in [-0.2, 0) is 18.4 Å². The van der Waals surface area contributed by atoms with Gasteiger partial charge >= 0.3 is 0 Å². The summed E-state index contributed by atoms with van der Waals surface area (Å²) in [6, 6.07) is 8.00. The number of carbonyl (C=O) groups is 1. The van der Waals surface area contributed by atoms with Crippen molar-refractivity contribution in [3.63, 3.8) is 0 Å². The average Bonchev–Trinajstić information content (AvgIpc) is 2.85. The minimum absolute atomic E-state index is 0.0235. The molecule has 1 N–H and O–H groups in total. The third kappa shape index (κ3) is 4.63. The monoisotopic (exact) mass is 375 g/mol. The Balaban J connectivity index is 1.46. The Morgan fingerprint density at radius 3 is 2.31 bits per heavy atom. The summed E-state index contributed by atoms with van der Waals surface area (Å²) in [6.07, 6.45) is 0. The Kier molecular flexibility index (Phi) is 5.96. The molecule has 26 heavy (non-hydrogen) atoms. The zero-order valence-electron chi connectivity index (χ0n) is 15.6. The summed E-state index contributed by atoms with van der Waals surface area (Å²) in [6.45, 7) is 8.93. The van der Waals surface area contributed by atoms with Crippen LogP contribution in [0.4, 0.5) is 5.69 Å². The predicted molar refractivity (Wildman–Crippen MR) is 104 cm³/mol. The summed E-state index contributed by atoms with van der Waals surface area (Å²) in [7, 11) is 1.89. The summed E-state index contributed by atoms with van der Waals surface area (Å²) in [5.74, 6) is 0.0235. The molecule has 1 fully saturated rings. The molecule has 1 amide bonds. The number of hydrogen-bond acceptors (Lipinski definition) is 4. The van der Waals surface area contributed by atoms with Crippen LogP contribution in [0.1, 0.15) is 17.0 Å². The van der Waals surface area contributed by atoms with Crippen molar-refractivity contribution in [1.29, 1.82) is 0 Å². The lowest BCUT2D eigenvalue weighted by molar-refractivity contribution is -0.117. The summed E-state index contributed by atoms with van der Waals surface area (Å²) in [4.78, 5) is 17.0. The van der Waals surface area contributed by atoms with Gasteiger partial charge in [-0.05, 0) is 31.5 Å². The third-order valence-corrected chi connectivity index (χ3v) is 5.18. The molecule has 3 rings (SSSR count). The molecule has 0 spiro atoms. The molecule has 0 aliphatic carbocycles. The van der Waals surface area contributed by atoms with Crippen LogP contribution in [0.15, 0.2) is 24.3 Å². The minimum Gasteiger partial charge on any atom is -0.322 e. The summed E-state index contributed by atoms with van der Waals surface area (Å²) < 4.78 is 1.79. The van der Waals surface area contributed by atoms with Crippen molar-refractivity contribution in [2.24, 2.45) is 7.05 Å². The van der Waals surface area contributed by atoms with E-state index in [-0.39, 0.29) is 5.91 Å². The molecule has 0 bridgehead atoms. The molecule has 6 nitrogen and oxygen atoms in total. The predicted octanol–water partition coefficient (Wildman–Crippen LogP) is 2.45. The number of rotatable bonds is 5. The fraction of sp³-hybridized carbons (Fsp3) is 0.474. The molecule has 1 aliphatic heterocycles. The number of aryl methyl sites for hydroxylation is 2. The van der Waals surface area contributed by atoms with Crippen molar-refractivity contribution in [2.75, 3.05) is 38.0 Å². The second kappa shape index (κ2) is 8.20. The van der Waals surface area contributed by atoms with Crippen LogP contribution in [-0.4, -0.2) is 58.2 Å². The van der Waals surface area contributed by atoms with E-state index in [2.05, 4.69) is 32.3 Å². The van der Waals surface area contributed by atoms with Gasteiger partial charge in [0.05, 0.1) is 23.6 Å². The number of anilines is 1. The van der Waals surface area contributed by atoms with Gasteiger partial charge in [0.15, 0.2) is 0 Å². The van der Waals surface area contributed by atoms with Gasteiger partial charge in [0.2, 0.25) is 5.91 Å². The lowest BCUT2D eigenvalue weighted by atomic mass is 10.2. The Labute approximate surface area is 159 Å². The van der Waals surface area contributed by atoms with E-state index in [0.29, 0.717) is 6.54 Å². The number of hydrogen-bond donors (Lipinski definition) is 1. The summed E-state index contributed by atoms with van der Waals surface area (Å²) in [5.41, 5.74) is 3.93. The van der Waals surface area contributed by atoms with Crippen molar-refractivity contribution < 1.29 is 4.79 Å². The molecule has 1 aromatic carbocycles. The first-order valence-corrected chi connectivity index (χ1v) is 9.29. The number of amides is 1. The van der Waals surface area contributed by atoms with Crippen molar-refractivity contribution in [3.05, 3.63) is 46.2 Å². The van der Waals surface area contributed by atoms with Gasteiger partial charge in [-0.1, -0.05) is 23.7 Å². The first kappa shape index (κ1) is 18.9. The Bertz CT molecular complexity index is 763. The fourth-order valence-corrected chi connectivity index (χ4v) is 3.42. The van der Waals surface area contributed by atoms with Crippen molar-refractivity contribution in [3.8, 4) is 0 Å². The van der Waals surface area contributed by atoms with E-state index in [1.165, 1.54) is 5.56 Å². The number of aromatic nitrogens is 2. The molecular weight excluding hydrogens is 350 g/mol. The normalized spacial score (nSPS) is 16.0. The molecule has 1 aliphatic rings. The van der Waals surface area contributed by atoms with Gasteiger partial charge in [-0.3, -0.25) is 19.3 Å². The van der Waals surface area contributed by atoms with Crippen LogP contribution in [0.5, 0.6) is 0 Å². The molecule has 0 saturated carbocycles. The first-order valence-electron chi connectivity index (χ1n) is 8.91. The highest BCUT2D eigenvalue weighted by Crippen LogP contribution is 2.18. The van der Waals surface area contributed by atoms with Crippen molar-refractivity contribution in [1.82, 2.24) is 19.6 Å². The largest absolute Gasteiger partial charge is 0.322 e. The molecule has 7 heteroatoms. The van der Waals surface area contributed by atoms with Gasteiger partial charge in [0.1, 0.15) is 0 Å². The van der Waals surface area contributed by atoms with E-state index in [0.717, 1.165) is 54.8 Å². The van der Waals surface area contributed by atoms with Crippen LogP contribution in [0.3, 0.4) is 0 Å². The number of halogens is 1. The second-order valence-electron chi connectivity index (χ2n) is 6.90. The van der Waals surface area contributed by atoms with E-state index in [9.17, 15) is 4.79 Å². The number of nitrogens with zero attached hydrogens (tertiary/aromatic N) is 4. The van der Waals surface area contributed by atoms with Crippen LogP contribution >= 0.6 is 11.6 Å². The Morgan fingerprint density at radius 2 is 1.73 bits per heavy atom. The molecule has 2 heterocycles. The van der Waals surface area contributed by atoms with Crippen molar-refractivity contribution >= 4 is 23.2 Å². The zero-order valence-corrected chi connectivity index (χ0v) is 16.4. The van der Waals surface area contributed by atoms with E-state index in [1.54, 1.807) is 4.68 Å². The van der Waals surface area contributed by atoms with Crippen LogP contribution < -0.4 is 5.32 Å². The van der Waals surface area contributed by atoms with Crippen LogP contribution in [0.2, 0.25) is 5.02 Å². The lowest BCUT2D eigenvalue weighted by Crippen LogP contribution is -2.48. The standard InChI is InChI=1S/C19H26ClN5O/c1-14-19(15(2)23(3)22-14)21-18(26)13-25-10-8-24(9-11-25)12-16-4-6-17(20)7-5-16/h4-7H,8-13H2,1-3H3,(H,21,26).